The molecule has 0 aliphatic heterocycles. The average molecular weight is 323 g/mol. The summed E-state index contributed by atoms with van der Waals surface area (Å²) >= 11 is 0. The molecule has 1 atom stereocenters. The summed E-state index contributed by atoms with van der Waals surface area (Å²) in [6, 6.07) is 17.8. The number of carbonyl (C=O) groups excluding carboxylic acids is 1. The molecule has 0 bridgehead atoms. The number of nitrogens with one attached hydrogen (secondary N) is 1. The Morgan fingerprint density at radius 2 is 1.67 bits per heavy atom. The summed E-state index contributed by atoms with van der Waals surface area (Å²) in [5.74, 6) is 0. The van der Waals surface area contributed by atoms with Crippen molar-refractivity contribution in [2.75, 3.05) is 0 Å². The first-order valence-corrected chi connectivity index (χ1v) is 8.13. The lowest BCUT2D eigenvalue weighted by Crippen LogP contribution is -2.34. The molecule has 1 amide bonds. The normalized spacial score (nSPS) is 12.8. The van der Waals surface area contributed by atoms with E-state index < -0.39 is 11.7 Å². The molecule has 0 fully saturated rings. The zero-order valence-electron chi connectivity index (χ0n) is 14.7. The first-order chi connectivity index (χ1) is 11.3. The van der Waals surface area contributed by atoms with E-state index in [1.54, 1.807) is 0 Å². The molecule has 0 saturated heterocycles. The molecular weight excluding hydrogens is 298 g/mol. The third-order valence-electron chi connectivity index (χ3n) is 3.39. The lowest BCUT2D eigenvalue weighted by molar-refractivity contribution is 0.0514. The van der Waals surface area contributed by atoms with Gasteiger partial charge in [0.25, 0.3) is 0 Å². The fraction of sp³-hybridized carbons (Fsp3) is 0.286. The average Bonchev–Trinajstić information content (AvgIpc) is 2.52. The smallest absolute Gasteiger partial charge is 0.408 e. The standard InChI is InChI=1S/C21H25NO2/c1-16-10-12-17(13-11-16)14-15-19(18-8-6-5-7-9-18)22-20(23)24-21(2,3)4/h5-15,19H,1-4H3,(H,22,23)/b15-14+/t19-/m1/s1. The van der Waals surface area contributed by atoms with Crippen LogP contribution < -0.4 is 5.32 Å². The van der Waals surface area contributed by atoms with E-state index in [1.807, 2.05) is 63.3 Å². The van der Waals surface area contributed by atoms with Gasteiger partial charge in [0, 0.05) is 0 Å². The lowest BCUT2D eigenvalue weighted by Gasteiger charge is -2.22. The fourth-order valence-electron chi connectivity index (χ4n) is 2.22. The van der Waals surface area contributed by atoms with Crippen LogP contribution in [0.1, 0.15) is 43.5 Å². The van der Waals surface area contributed by atoms with Gasteiger partial charge in [-0.15, -0.1) is 0 Å². The minimum Gasteiger partial charge on any atom is -0.444 e. The topological polar surface area (TPSA) is 38.3 Å². The Balaban J connectivity index is 2.17. The van der Waals surface area contributed by atoms with E-state index in [0.29, 0.717) is 0 Å². The van der Waals surface area contributed by atoms with Crippen LogP contribution in [0.25, 0.3) is 6.08 Å². The minimum absolute atomic E-state index is 0.248. The fourth-order valence-corrected chi connectivity index (χ4v) is 2.22. The van der Waals surface area contributed by atoms with Gasteiger partial charge in [-0.25, -0.2) is 4.79 Å². The van der Waals surface area contributed by atoms with Crippen molar-refractivity contribution in [2.24, 2.45) is 0 Å². The molecule has 3 nitrogen and oxygen atoms in total. The first-order valence-electron chi connectivity index (χ1n) is 8.13. The summed E-state index contributed by atoms with van der Waals surface area (Å²) in [6.07, 6.45) is 3.56. The maximum atomic E-state index is 12.1. The molecule has 1 N–H and O–H groups in total. The number of benzene rings is 2. The van der Waals surface area contributed by atoms with E-state index in [4.69, 9.17) is 4.74 Å². The third kappa shape index (κ3) is 5.92. The van der Waals surface area contributed by atoms with Gasteiger partial charge in [0.1, 0.15) is 5.60 Å². The zero-order valence-corrected chi connectivity index (χ0v) is 14.7. The van der Waals surface area contributed by atoms with Crippen molar-refractivity contribution in [3.63, 3.8) is 0 Å². The van der Waals surface area contributed by atoms with Crippen molar-refractivity contribution < 1.29 is 9.53 Å². The van der Waals surface area contributed by atoms with Gasteiger partial charge >= 0.3 is 6.09 Å². The summed E-state index contributed by atoms with van der Waals surface area (Å²) in [5, 5.41) is 2.92. The highest BCUT2D eigenvalue weighted by Crippen LogP contribution is 2.17. The van der Waals surface area contributed by atoms with Crippen molar-refractivity contribution in [1.82, 2.24) is 5.32 Å². The Labute approximate surface area is 144 Å². The van der Waals surface area contributed by atoms with Gasteiger partial charge in [-0.05, 0) is 38.8 Å². The third-order valence-corrected chi connectivity index (χ3v) is 3.39. The number of alkyl carbamates (subject to hydrolysis) is 1. The van der Waals surface area contributed by atoms with Crippen molar-refractivity contribution in [3.05, 3.63) is 77.4 Å². The number of hydrogen-bond donors (Lipinski definition) is 1. The van der Waals surface area contributed by atoms with Crippen LogP contribution in [-0.4, -0.2) is 11.7 Å². The van der Waals surface area contributed by atoms with Crippen LogP contribution in [-0.2, 0) is 4.74 Å². The molecule has 0 radical (unpaired) electrons. The van der Waals surface area contributed by atoms with Crippen molar-refractivity contribution >= 4 is 12.2 Å². The second-order valence-corrected chi connectivity index (χ2v) is 6.80. The zero-order chi connectivity index (χ0) is 17.6. The van der Waals surface area contributed by atoms with E-state index in [2.05, 4.69) is 36.5 Å². The van der Waals surface area contributed by atoms with Crippen LogP contribution in [0, 0.1) is 6.92 Å². The van der Waals surface area contributed by atoms with E-state index in [-0.39, 0.29) is 6.04 Å². The van der Waals surface area contributed by atoms with E-state index in [0.717, 1.165) is 11.1 Å². The highest BCUT2D eigenvalue weighted by molar-refractivity contribution is 5.69. The summed E-state index contributed by atoms with van der Waals surface area (Å²) in [6.45, 7) is 7.62. The van der Waals surface area contributed by atoms with E-state index in [9.17, 15) is 4.79 Å². The Kier molecular flexibility index (Phi) is 5.80. The molecule has 0 aliphatic carbocycles. The summed E-state index contributed by atoms with van der Waals surface area (Å²) in [7, 11) is 0. The summed E-state index contributed by atoms with van der Waals surface area (Å²) in [4.78, 5) is 12.1. The van der Waals surface area contributed by atoms with Crippen LogP contribution in [0.4, 0.5) is 4.79 Å². The predicted octanol–water partition coefficient (Wildman–Crippen LogP) is 5.27. The van der Waals surface area contributed by atoms with Gasteiger partial charge in [0.05, 0.1) is 6.04 Å². The largest absolute Gasteiger partial charge is 0.444 e. The Morgan fingerprint density at radius 3 is 2.25 bits per heavy atom. The summed E-state index contributed by atoms with van der Waals surface area (Å²) < 4.78 is 5.37. The molecule has 2 aromatic rings. The maximum Gasteiger partial charge on any atom is 0.408 e. The van der Waals surface area contributed by atoms with Crippen LogP contribution in [0.2, 0.25) is 0 Å². The monoisotopic (exact) mass is 323 g/mol. The molecule has 3 heteroatoms. The molecule has 0 unspecified atom stereocenters. The molecule has 2 rings (SSSR count). The van der Waals surface area contributed by atoms with Gasteiger partial charge in [-0.2, -0.15) is 0 Å². The first kappa shape index (κ1) is 17.8. The van der Waals surface area contributed by atoms with Crippen LogP contribution in [0.5, 0.6) is 0 Å². The van der Waals surface area contributed by atoms with E-state index >= 15 is 0 Å². The Bertz CT molecular complexity index is 682. The number of amides is 1. The van der Waals surface area contributed by atoms with Crippen molar-refractivity contribution in [1.29, 1.82) is 0 Å². The van der Waals surface area contributed by atoms with Gasteiger partial charge in [-0.1, -0.05) is 72.3 Å². The minimum atomic E-state index is -0.522. The molecule has 126 valence electrons. The molecule has 24 heavy (non-hydrogen) atoms. The number of carbonyl (C=O) groups is 1. The number of hydrogen-bond acceptors (Lipinski definition) is 2. The Hall–Kier alpha value is -2.55. The van der Waals surface area contributed by atoms with Crippen LogP contribution in [0.3, 0.4) is 0 Å². The molecule has 0 spiro atoms. The second kappa shape index (κ2) is 7.82. The van der Waals surface area contributed by atoms with Crippen molar-refractivity contribution in [2.45, 2.75) is 39.3 Å². The molecular formula is C21H25NO2. The predicted molar refractivity (Wildman–Crippen MR) is 98.8 cm³/mol. The van der Waals surface area contributed by atoms with E-state index in [1.165, 1.54) is 5.56 Å². The second-order valence-electron chi connectivity index (χ2n) is 6.80. The van der Waals surface area contributed by atoms with Crippen LogP contribution in [0.15, 0.2) is 60.7 Å². The SMILES string of the molecule is Cc1ccc(/C=C/[C@@H](NC(=O)OC(C)(C)C)c2ccccc2)cc1. The van der Waals surface area contributed by atoms with Crippen LogP contribution >= 0.6 is 0 Å². The molecule has 0 aliphatic rings. The summed E-state index contributed by atoms with van der Waals surface area (Å²) in [5.41, 5.74) is 2.80. The number of ether oxygens (including phenoxy) is 1. The van der Waals surface area contributed by atoms with Gasteiger partial charge in [-0.3, -0.25) is 0 Å². The molecule has 0 heterocycles. The highest BCUT2D eigenvalue weighted by Gasteiger charge is 2.19. The molecule has 2 aromatic carbocycles. The van der Waals surface area contributed by atoms with Crippen molar-refractivity contribution in [3.8, 4) is 0 Å². The van der Waals surface area contributed by atoms with Gasteiger partial charge in [0.15, 0.2) is 0 Å². The van der Waals surface area contributed by atoms with Gasteiger partial charge in [0.2, 0.25) is 0 Å². The Morgan fingerprint density at radius 1 is 1.04 bits per heavy atom. The molecule has 0 saturated carbocycles. The molecule has 0 aromatic heterocycles. The lowest BCUT2D eigenvalue weighted by atomic mass is 10.0. The highest BCUT2D eigenvalue weighted by atomic mass is 16.6. The quantitative estimate of drug-likeness (QED) is 0.832. The number of aryl methyl sites for hydroxylation is 1. The number of rotatable bonds is 4. The maximum absolute atomic E-state index is 12.1. The van der Waals surface area contributed by atoms with Gasteiger partial charge < -0.3 is 10.1 Å².